The zero-order valence-corrected chi connectivity index (χ0v) is 5.97. The minimum atomic E-state index is 0.216. The van der Waals surface area contributed by atoms with Crippen LogP contribution in [0.4, 0.5) is 0 Å². The lowest BCUT2D eigenvalue weighted by Crippen LogP contribution is -2.49. The predicted octanol–water partition coefficient (Wildman–Crippen LogP) is -0.767. The molecule has 0 aromatic carbocycles. The highest BCUT2D eigenvalue weighted by Gasteiger charge is 2.33. The van der Waals surface area contributed by atoms with E-state index in [1.54, 1.807) is 0 Å². The number of carbonyl (C=O) groups excluding carboxylic acids is 1. The van der Waals surface area contributed by atoms with E-state index < -0.39 is 0 Å². The van der Waals surface area contributed by atoms with Crippen molar-refractivity contribution in [2.45, 2.75) is 12.5 Å². The third kappa shape index (κ3) is 0.859. The van der Waals surface area contributed by atoms with E-state index >= 15 is 0 Å². The minimum Gasteiger partial charge on any atom is -0.313 e. The predicted molar refractivity (Wildman–Crippen MR) is 37.9 cm³/mol. The summed E-state index contributed by atoms with van der Waals surface area (Å²) in [4.78, 5) is 13.4. The van der Waals surface area contributed by atoms with Gasteiger partial charge in [0.05, 0.1) is 6.04 Å². The Morgan fingerprint density at radius 3 is 3.20 bits per heavy atom. The van der Waals surface area contributed by atoms with Gasteiger partial charge in [0.1, 0.15) is 0 Å². The van der Waals surface area contributed by atoms with Crippen LogP contribution in [0.25, 0.3) is 0 Å². The maximum Gasteiger partial charge on any atom is 0.152 e. The molecular weight excluding hydrogens is 128 g/mol. The van der Waals surface area contributed by atoms with Gasteiger partial charge in [-0.2, -0.15) is 0 Å². The molecule has 2 aliphatic rings. The van der Waals surface area contributed by atoms with Gasteiger partial charge in [0.25, 0.3) is 0 Å². The number of hydrogen-bond donors (Lipinski definition) is 1. The third-order valence-corrected chi connectivity index (χ3v) is 2.37. The Hall–Kier alpha value is -0.410. The average Bonchev–Trinajstić information content (AvgIpc) is 2.34. The second kappa shape index (κ2) is 2.32. The van der Waals surface area contributed by atoms with Crippen LogP contribution in [0.15, 0.2) is 0 Å². The monoisotopic (exact) mass is 140 g/mol. The Bertz CT molecular complexity index is 158. The summed E-state index contributed by atoms with van der Waals surface area (Å²) in [5.74, 6) is 0.423. The Balaban J connectivity index is 2.08. The molecule has 0 aromatic rings. The van der Waals surface area contributed by atoms with Crippen LogP contribution in [0.2, 0.25) is 0 Å². The van der Waals surface area contributed by atoms with Crippen molar-refractivity contribution in [3.05, 3.63) is 0 Å². The third-order valence-electron chi connectivity index (χ3n) is 2.37. The van der Waals surface area contributed by atoms with Crippen LogP contribution in [-0.2, 0) is 4.79 Å². The van der Waals surface area contributed by atoms with Crippen LogP contribution in [0.1, 0.15) is 6.42 Å². The van der Waals surface area contributed by atoms with E-state index in [9.17, 15) is 4.79 Å². The lowest BCUT2D eigenvalue weighted by Gasteiger charge is -2.28. The molecule has 0 spiro atoms. The van der Waals surface area contributed by atoms with Crippen molar-refractivity contribution in [3.8, 4) is 0 Å². The highest BCUT2D eigenvalue weighted by atomic mass is 16.1. The molecule has 0 aliphatic carbocycles. The first kappa shape index (κ1) is 6.31. The molecule has 1 N–H and O–H groups in total. The number of nitrogens with one attached hydrogen (secondary N) is 1. The molecule has 0 aromatic heterocycles. The summed E-state index contributed by atoms with van der Waals surface area (Å²) >= 11 is 0. The van der Waals surface area contributed by atoms with Gasteiger partial charge >= 0.3 is 0 Å². The second-order valence-corrected chi connectivity index (χ2v) is 2.97. The Labute approximate surface area is 60.4 Å². The topological polar surface area (TPSA) is 32.3 Å². The molecule has 56 valence electrons. The van der Waals surface area contributed by atoms with Gasteiger partial charge in [-0.05, 0) is 0 Å². The van der Waals surface area contributed by atoms with E-state index in [1.807, 2.05) is 0 Å². The largest absolute Gasteiger partial charge is 0.313 e. The van der Waals surface area contributed by atoms with Gasteiger partial charge in [-0.3, -0.25) is 9.69 Å². The molecule has 2 rings (SSSR count). The Morgan fingerprint density at radius 1 is 1.50 bits per heavy atom. The van der Waals surface area contributed by atoms with E-state index in [2.05, 4.69) is 10.2 Å². The van der Waals surface area contributed by atoms with Gasteiger partial charge in [0.15, 0.2) is 5.78 Å². The van der Waals surface area contributed by atoms with Crippen molar-refractivity contribution >= 4 is 5.78 Å². The van der Waals surface area contributed by atoms with Gasteiger partial charge in [0, 0.05) is 32.6 Å². The van der Waals surface area contributed by atoms with E-state index in [0.29, 0.717) is 5.78 Å². The number of hydrogen-bond acceptors (Lipinski definition) is 3. The number of fused-ring (bicyclic) bond motifs is 1. The molecule has 0 bridgehead atoms. The van der Waals surface area contributed by atoms with Crippen LogP contribution in [0, 0.1) is 0 Å². The quantitative estimate of drug-likeness (QED) is 0.479. The van der Waals surface area contributed by atoms with Crippen molar-refractivity contribution in [3.63, 3.8) is 0 Å². The standard InChI is InChI=1S/C7H12N2O/c10-7-1-3-9-4-2-8-5-6(7)9/h6,8H,1-5H2. The zero-order chi connectivity index (χ0) is 6.97. The average molecular weight is 140 g/mol. The molecule has 2 heterocycles. The van der Waals surface area contributed by atoms with Crippen molar-refractivity contribution in [1.29, 1.82) is 0 Å². The van der Waals surface area contributed by atoms with Gasteiger partial charge < -0.3 is 5.32 Å². The van der Waals surface area contributed by atoms with Crippen LogP contribution < -0.4 is 5.32 Å². The molecule has 2 aliphatic heterocycles. The number of nitrogens with zero attached hydrogens (tertiary/aromatic N) is 1. The Morgan fingerprint density at radius 2 is 2.40 bits per heavy atom. The van der Waals surface area contributed by atoms with Gasteiger partial charge in [-0.25, -0.2) is 0 Å². The first-order valence-corrected chi connectivity index (χ1v) is 3.85. The fourth-order valence-corrected chi connectivity index (χ4v) is 1.75. The molecule has 0 radical (unpaired) electrons. The summed E-state index contributed by atoms with van der Waals surface area (Å²) in [6.45, 7) is 3.96. The summed E-state index contributed by atoms with van der Waals surface area (Å²) in [5.41, 5.74) is 0. The van der Waals surface area contributed by atoms with Crippen molar-refractivity contribution < 1.29 is 4.79 Å². The first-order valence-electron chi connectivity index (χ1n) is 3.85. The summed E-state index contributed by atoms with van der Waals surface area (Å²) in [6, 6.07) is 0.216. The number of carbonyl (C=O) groups is 1. The van der Waals surface area contributed by atoms with E-state index in [4.69, 9.17) is 0 Å². The van der Waals surface area contributed by atoms with Crippen LogP contribution >= 0.6 is 0 Å². The number of piperazine rings is 1. The van der Waals surface area contributed by atoms with Crippen molar-refractivity contribution in [1.82, 2.24) is 10.2 Å². The number of ketones is 1. The minimum absolute atomic E-state index is 0.216. The maximum atomic E-state index is 11.1. The molecule has 1 atom stereocenters. The smallest absolute Gasteiger partial charge is 0.152 e. The highest BCUT2D eigenvalue weighted by Crippen LogP contribution is 2.13. The summed E-state index contributed by atoms with van der Waals surface area (Å²) in [6.07, 6.45) is 0.770. The van der Waals surface area contributed by atoms with Crippen LogP contribution in [0.3, 0.4) is 0 Å². The molecule has 2 saturated heterocycles. The zero-order valence-electron chi connectivity index (χ0n) is 5.97. The Kier molecular flexibility index (Phi) is 1.47. The van der Waals surface area contributed by atoms with Crippen LogP contribution in [0.5, 0.6) is 0 Å². The molecule has 2 fully saturated rings. The number of rotatable bonds is 0. The van der Waals surface area contributed by atoms with E-state index in [0.717, 1.165) is 32.6 Å². The van der Waals surface area contributed by atoms with Gasteiger partial charge in [0.2, 0.25) is 0 Å². The lowest BCUT2D eigenvalue weighted by atomic mass is 10.2. The van der Waals surface area contributed by atoms with Crippen LogP contribution in [-0.4, -0.2) is 42.9 Å². The summed E-state index contributed by atoms with van der Waals surface area (Å²) in [7, 11) is 0. The SMILES string of the molecule is O=C1CCN2CCNCC12. The molecule has 0 amide bonds. The molecule has 0 saturated carbocycles. The first-order chi connectivity index (χ1) is 4.88. The highest BCUT2D eigenvalue weighted by molar-refractivity contribution is 5.86. The molecule has 3 nitrogen and oxygen atoms in total. The molecule has 3 heteroatoms. The van der Waals surface area contributed by atoms with Crippen molar-refractivity contribution in [2.75, 3.05) is 26.2 Å². The molecule has 1 unspecified atom stereocenters. The van der Waals surface area contributed by atoms with Crippen molar-refractivity contribution in [2.24, 2.45) is 0 Å². The van der Waals surface area contributed by atoms with Gasteiger partial charge in [-0.1, -0.05) is 0 Å². The summed E-state index contributed by atoms with van der Waals surface area (Å²) < 4.78 is 0. The van der Waals surface area contributed by atoms with E-state index in [1.165, 1.54) is 0 Å². The fourth-order valence-electron chi connectivity index (χ4n) is 1.75. The fraction of sp³-hybridized carbons (Fsp3) is 0.857. The maximum absolute atomic E-state index is 11.1. The number of Topliss-reactive ketones (excluding diaryl/α,β-unsaturated/α-hetero) is 1. The van der Waals surface area contributed by atoms with Gasteiger partial charge in [-0.15, -0.1) is 0 Å². The molecular formula is C7H12N2O. The lowest BCUT2D eigenvalue weighted by molar-refractivity contribution is -0.120. The van der Waals surface area contributed by atoms with E-state index in [-0.39, 0.29) is 6.04 Å². The molecule has 10 heavy (non-hydrogen) atoms. The normalized spacial score (nSPS) is 34.4. The second-order valence-electron chi connectivity index (χ2n) is 2.97. The summed E-state index contributed by atoms with van der Waals surface area (Å²) in [5, 5.41) is 3.22.